The number of carbonyl (C=O) groups is 1. The monoisotopic (exact) mass is 302 g/mol. The Morgan fingerprint density at radius 1 is 1.55 bits per heavy atom. The second-order valence-electron chi connectivity index (χ2n) is 4.13. The molecular formula is C12H15ClN2O5. The van der Waals surface area contributed by atoms with E-state index in [9.17, 15) is 14.9 Å². The topological polar surface area (TPSA) is 92.9 Å². The van der Waals surface area contributed by atoms with Crippen LogP contribution in [0.5, 0.6) is 0 Å². The van der Waals surface area contributed by atoms with Gasteiger partial charge in [-0.2, -0.15) is 0 Å². The molecule has 1 aromatic rings. The quantitative estimate of drug-likeness (QED) is 0.581. The van der Waals surface area contributed by atoms with E-state index in [1.807, 2.05) is 0 Å². The Hall–Kier alpha value is -1.70. The standard InChI is InChI=1S/C12H15ClN2O5/c1-20-5-4-14(8-12(16)17)7-9-2-3-10(15(18)19)6-11(9)13/h2-3,6H,4-5,7-8H2,1H3,(H,16,17). The summed E-state index contributed by atoms with van der Waals surface area (Å²) in [4.78, 5) is 22.5. The second-order valence-corrected chi connectivity index (χ2v) is 4.54. The van der Waals surface area contributed by atoms with Crippen LogP contribution in [0.2, 0.25) is 5.02 Å². The Balaban J connectivity index is 2.81. The molecule has 8 heteroatoms. The van der Waals surface area contributed by atoms with E-state index in [0.29, 0.717) is 18.7 Å². The molecule has 0 radical (unpaired) electrons. The van der Waals surface area contributed by atoms with Gasteiger partial charge in [-0.3, -0.25) is 19.8 Å². The molecule has 0 aliphatic rings. The van der Waals surface area contributed by atoms with Crippen molar-refractivity contribution in [1.29, 1.82) is 0 Å². The molecule has 0 fully saturated rings. The lowest BCUT2D eigenvalue weighted by molar-refractivity contribution is -0.384. The van der Waals surface area contributed by atoms with Crippen molar-refractivity contribution in [3.63, 3.8) is 0 Å². The van der Waals surface area contributed by atoms with Crippen molar-refractivity contribution < 1.29 is 19.6 Å². The van der Waals surface area contributed by atoms with Crippen LogP contribution in [-0.4, -0.2) is 47.7 Å². The fourth-order valence-electron chi connectivity index (χ4n) is 1.64. The summed E-state index contributed by atoms with van der Waals surface area (Å²) < 4.78 is 4.92. The van der Waals surface area contributed by atoms with E-state index in [0.717, 1.165) is 0 Å². The number of methoxy groups -OCH3 is 1. The Kier molecular flexibility index (Phi) is 6.37. The third-order valence-electron chi connectivity index (χ3n) is 2.61. The van der Waals surface area contributed by atoms with Crippen molar-refractivity contribution in [1.82, 2.24) is 4.90 Å². The number of halogens is 1. The van der Waals surface area contributed by atoms with Crippen LogP contribution in [0.25, 0.3) is 0 Å². The molecule has 0 aromatic heterocycles. The molecular weight excluding hydrogens is 288 g/mol. The minimum atomic E-state index is -0.959. The van der Waals surface area contributed by atoms with Gasteiger partial charge in [0.05, 0.1) is 23.1 Å². The molecule has 0 saturated carbocycles. The van der Waals surface area contributed by atoms with Gasteiger partial charge in [-0.15, -0.1) is 0 Å². The third-order valence-corrected chi connectivity index (χ3v) is 2.96. The predicted octanol–water partition coefficient (Wildman–Crippen LogP) is 1.78. The molecule has 1 aromatic carbocycles. The van der Waals surface area contributed by atoms with E-state index in [-0.39, 0.29) is 23.8 Å². The first-order valence-corrected chi connectivity index (χ1v) is 6.17. The average molecular weight is 303 g/mol. The number of nitro benzene ring substituents is 1. The highest BCUT2D eigenvalue weighted by Crippen LogP contribution is 2.23. The molecule has 0 aliphatic carbocycles. The molecule has 7 nitrogen and oxygen atoms in total. The average Bonchev–Trinajstić information content (AvgIpc) is 2.37. The number of non-ortho nitro benzene ring substituents is 1. The largest absolute Gasteiger partial charge is 0.480 e. The summed E-state index contributed by atoms with van der Waals surface area (Å²) in [6.07, 6.45) is 0. The van der Waals surface area contributed by atoms with Crippen LogP contribution in [-0.2, 0) is 16.1 Å². The van der Waals surface area contributed by atoms with Gasteiger partial charge >= 0.3 is 5.97 Å². The maximum absolute atomic E-state index is 10.8. The predicted molar refractivity (Wildman–Crippen MR) is 72.9 cm³/mol. The summed E-state index contributed by atoms with van der Waals surface area (Å²) >= 11 is 5.98. The van der Waals surface area contributed by atoms with Gasteiger partial charge in [-0.1, -0.05) is 11.6 Å². The number of carboxylic acids is 1. The zero-order valence-electron chi connectivity index (χ0n) is 10.9. The summed E-state index contributed by atoms with van der Waals surface area (Å²) in [5.74, 6) is -0.959. The number of rotatable bonds is 8. The first kappa shape index (κ1) is 16.4. The van der Waals surface area contributed by atoms with E-state index >= 15 is 0 Å². The molecule has 0 atom stereocenters. The number of carboxylic acid groups (broad SMARTS) is 1. The highest BCUT2D eigenvalue weighted by atomic mass is 35.5. The van der Waals surface area contributed by atoms with Crippen molar-refractivity contribution in [3.8, 4) is 0 Å². The summed E-state index contributed by atoms with van der Waals surface area (Å²) in [7, 11) is 1.53. The number of hydrogen-bond donors (Lipinski definition) is 1. The molecule has 0 aliphatic heterocycles. The van der Waals surface area contributed by atoms with E-state index < -0.39 is 10.9 Å². The number of aliphatic carboxylic acids is 1. The van der Waals surface area contributed by atoms with Crippen molar-refractivity contribution in [2.75, 3.05) is 26.8 Å². The van der Waals surface area contributed by atoms with Crippen LogP contribution in [0.3, 0.4) is 0 Å². The maximum Gasteiger partial charge on any atom is 0.317 e. The second kappa shape index (κ2) is 7.78. The van der Waals surface area contributed by atoms with Crippen LogP contribution in [0, 0.1) is 10.1 Å². The van der Waals surface area contributed by atoms with Gasteiger partial charge in [0.25, 0.3) is 5.69 Å². The van der Waals surface area contributed by atoms with Crippen LogP contribution in [0.15, 0.2) is 18.2 Å². The first-order chi connectivity index (χ1) is 9.43. The first-order valence-electron chi connectivity index (χ1n) is 5.80. The van der Waals surface area contributed by atoms with Gasteiger partial charge in [-0.05, 0) is 11.6 Å². The van der Waals surface area contributed by atoms with Crippen LogP contribution in [0.1, 0.15) is 5.56 Å². The molecule has 0 saturated heterocycles. The molecule has 0 heterocycles. The van der Waals surface area contributed by atoms with Crippen molar-refractivity contribution in [2.24, 2.45) is 0 Å². The number of nitro groups is 1. The Bertz CT molecular complexity index is 495. The Labute approximate surface area is 120 Å². The van der Waals surface area contributed by atoms with Crippen molar-refractivity contribution >= 4 is 23.3 Å². The summed E-state index contributed by atoms with van der Waals surface area (Å²) in [5.41, 5.74) is 0.537. The molecule has 0 spiro atoms. The van der Waals surface area contributed by atoms with Gasteiger partial charge in [0.15, 0.2) is 0 Å². The maximum atomic E-state index is 10.8. The number of nitrogens with zero attached hydrogens (tertiary/aromatic N) is 2. The Morgan fingerprint density at radius 3 is 2.75 bits per heavy atom. The van der Waals surface area contributed by atoms with Crippen LogP contribution >= 0.6 is 11.6 Å². The van der Waals surface area contributed by atoms with E-state index in [2.05, 4.69) is 0 Å². The smallest absolute Gasteiger partial charge is 0.317 e. The summed E-state index contributed by atoms with van der Waals surface area (Å²) in [6, 6.07) is 4.13. The van der Waals surface area contributed by atoms with Gasteiger partial charge in [0, 0.05) is 32.3 Å². The lowest BCUT2D eigenvalue weighted by Gasteiger charge is -2.20. The SMILES string of the molecule is COCCN(CC(=O)O)Cc1ccc([N+](=O)[O-])cc1Cl. The van der Waals surface area contributed by atoms with Gasteiger partial charge in [0.2, 0.25) is 0 Å². The zero-order valence-corrected chi connectivity index (χ0v) is 11.7. The Morgan fingerprint density at radius 2 is 2.25 bits per heavy atom. The summed E-state index contributed by atoms with van der Waals surface area (Å²) in [5, 5.41) is 19.7. The highest BCUT2D eigenvalue weighted by molar-refractivity contribution is 6.31. The fraction of sp³-hybridized carbons (Fsp3) is 0.417. The number of hydrogen-bond acceptors (Lipinski definition) is 5. The molecule has 110 valence electrons. The van der Waals surface area contributed by atoms with Crippen molar-refractivity contribution in [3.05, 3.63) is 38.9 Å². The molecule has 0 bridgehead atoms. The molecule has 1 rings (SSSR count). The minimum absolute atomic E-state index is 0.0968. The molecule has 1 N–H and O–H groups in total. The highest BCUT2D eigenvalue weighted by Gasteiger charge is 2.14. The van der Waals surface area contributed by atoms with Gasteiger partial charge in [0.1, 0.15) is 0 Å². The zero-order chi connectivity index (χ0) is 15.1. The van der Waals surface area contributed by atoms with E-state index in [1.165, 1.54) is 25.3 Å². The third kappa shape index (κ3) is 5.12. The molecule has 0 amide bonds. The van der Waals surface area contributed by atoms with Gasteiger partial charge in [-0.25, -0.2) is 0 Å². The normalized spacial score (nSPS) is 10.8. The van der Waals surface area contributed by atoms with E-state index in [1.54, 1.807) is 4.90 Å². The van der Waals surface area contributed by atoms with Crippen LogP contribution in [0.4, 0.5) is 5.69 Å². The lowest BCUT2D eigenvalue weighted by atomic mass is 10.2. The molecule has 20 heavy (non-hydrogen) atoms. The number of ether oxygens (including phenoxy) is 1. The number of benzene rings is 1. The summed E-state index contributed by atoms with van der Waals surface area (Å²) in [6.45, 7) is 0.942. The van der Waals surface area contributed by atoms with Crippen molar-refractivity contribution in [2.45, 2.75) is 6.54 Å². The fourth-order valence-corrected chi connectivity index (χ4v) is 1.88. The van der Waals surface area contributed by atoms with E-state index in [4.69, 9.17) is 21.4 Å². The minimum Gasteiger partial charge on any atom is -0.480 e. The van der Waals surface area contributed by atoms with Gasteiger partial charge < -0.3 is 9.84 Å². The molecule has 0 unspecified atom stereocenters. The van der Waals surface area contributed by atoms with Crippen LogP contribution < -0.4 is 0 Å². The lowest BCUT2D eigenvalue weighted by Crippen LogP contribution is -2.32.